The van der Waals surface area contributed by atoms with E-state index in [4.69, 9.17) is 27.9 Å². The molecule has 1 aromatic heterocycles. The Balaban J connectivity index is 1.82. The van der Waals surface area contributed by atoms with Gasteiger partial charge in [0.2, 0.25) is 0 Å². The minimum Gasteiger partial charge on any atom is -0.495 e. The molecule has 4 rings (SSSR count). The van der Waals surface area contributed by atoms with Crippen molar-refractivity contribution >= 4 is 33.0 Å². The maximum absolute atomic E-state index is 12.2. The number of imidazole rings is 1. The smallest absolute Gasteiger partial charge is 0.179 e. The molecule has 0 radical (unpaired) electrons. The summed E-state index contributed by atoms with van der Waals surface area (Å²) in [6.45, 7) is 3.32. The zero-order valence-electron chi connectivity index (χ0n) is 19.6. The molecule has 4 aromatic rings. The van der Waals surface area contributed by atoms with Crippen LogP contribution in [-0.4, -0.2) is 36.4 Å². The minimum absolute atomic E-state index is 0.129. The van der Waals surface area contributed by atoms with Crippen LogP contribution in [0.25, 0.3) is 28.2 Å². The molecule has 6 nitrogen and oxygen atoms in total. The highest BCUT2D eigenvalue weighted by atomic mass is 35.5. The minimum atomic E-state index is -3.47. The first-order valence-corrected chi connectivity index (χ1v) is 13.3. The monoisotopic (exact) mass is 530 g/mol. The number of rotatable bonds is 6. The second kappa shape index (κ2) is 9.32. The van der Waals surface area contributed by atoms with E-state index >= 15 is 0 Å². The molecule has 0 amide bonds. The van der Waals surface area contributed by atoms with Crippen LogP contribution in [0.15, 0.2) is 71.8 Å². The summed E-state index contributed by atoms with van der Waals surface area (Å²) < 4.78 is 31.5. The Hall–Kier alpha value is -2.84. The first kappa shape index (κ1) is 25.3. The number of hydrogen-bond donors (Lipinski definition) is 1. The van der Waals surface area contributed by atoms with E-state index in [0.29, 0.717) is 32.9 Å². The van der Waals surface area contributed by atoms with Crippen LogP contribution in [0.4, 0.5) is 0 Å². The molecule has 0 spiro atoms. The normalized spacial score (nSPS) is 12.1. The van der Waals surface area contributed by atoms with Crippen molar-refractivity contribution in [2.24, 2.45) is 0 Å². The zero-order valence-corrected chi connectivity index (χ0v) is 21.9. The molecule has 1 heterocycles. The van der Waals surface area contributed by atoms with E-state index in [1.165, 1.54) is 7.11 Å². The fraction of sp³-hybridized carbons (Fsp3) is 0.192. The van der Waals surface area contributed by atoms with Gasteiger partial charge in [0.05, 0.1) is 22.8 Å². The quantitative estimate of drug-likeness (QED) is 0.323. The fourth-order valence-corrected chi connectivity index (χ4v) is 4.94. The van der Waals surface area contributed by atoms with E-state index in [0.717, 1.165) is 23.1 Å². The second-order valence-corrected chi connectivity index (χ2v) is 11.4. The summed E-state index contributed by atoms with van der Waals surface area (Å²) in [7, 11) is -2.03. The summed E-state index contributed by atoms with van der Waals surface area (Å²) in [6.07, 6.45) is 2.91. The molecule has 0 aliphatic carbocycles. The maximum Gasteiger partial charge on any atom is 0.179 e. The molecule has 0 saturated carbocycles. The largest absolute Gasteiger partial charge is 0.495 e. The first-order chi connectivity index (χ1) is 16.4. The number of ether oxygens (including phenoxy) is 1. The maximum atomic E-state index is 12.2. The van der Waals surface area contributed by atoms with Crippen molar-refractivity contribution in [2.45, 2.75) is 24.3 Å². The number of halogens is 2. The first-order valence-electron chi connectivity index (χ1n) is 10.7. The Morgan fingerprint density at radius 2 is 1.66 bits per heavy atom. The van der Waals surface area contributed by atoms with Gasteiger partial charge in [-0.2, -0.15) is 0 Å². The number of aromatic nitrogens is 2. The Bertz CT molecular complexity index is 1510. The van der Waals surface area contributed by atoms with Gasteiger partial charge in [0, 0.05) is 23.7 Å². The highest BCUT2D eigenvalue weighted by Crippen LogP contribution is 2.36. The molecule has 182 valence electrons. The van der Waals surface area contributed by atoms with Crippen molar-refractivity contribution in [3.8, 4) is 34.0 Å². The van der Waals surface area contributed by atoms with Crippen LogP contribution in [0, 0.1) is 0 Å². The molecular formula is C26H24Cl2N2O4S. The van der Waals surface area contributed by atoms with Gasteiger partial charge < -0.3 is 9.84 Å². The number of aliphatic hydroxyl groups is 1. The van der Waals surface area contributed by atoms with E-state index in [1.54, 1.807) is 44.3 Å². The van der Waals surface area contributed by atoms with E-state index in [9.17, 15) is 13.5 Å². The van der Waals surface area contributed by atoms with Crippen LogP contribution in [0.5, 0.6) is 5.75 Å². The van der Waals surface area contributed by atoms with E-state index in [-0.39, 0.29) is 4.90 Å². The van der Waals surface area contributed by atoms with Crippen LogP contribution in [0.1, 0.15) is 19.5 Å². The van der Waals surface area contributed by atoms with E-state index in [1.807, 2.05) is 41.0 Å². The van der Waals surface area contributed by atoms with Crippen molar-refractivity contribution in [2.75, 3.05) is 13.4 Å². The molecule has 9 heteroatoms. The molecule has 0 bridgehead atoms. The number of sulfone groups is 1. The lowest BCUT2D eigenvalue weighted by Crippen LogP contribution is -2.15. The Kier molecular flexibility index (Phi) is 6.72. The van der Waals surface area contributed by atoms with Crippen LogP contribution < -0.4 is 4.74 Å². The number of hydrogen-bond acceptors (Lipinski definition) is 5. The van der Waals surface area contributed by atoms with Gasteiger partial charge in [0.25, 0.3) is 0 Å². The number of methoxy groups -OCH3 is 1. The molecule has 35 heavy (non-hydrogen) atoms. The Labute approximate surface area is 214 Å². The molecule has 0 unspecified atom stereocenters. The average Bonchev–Trinajstić information content (AvgIpc) is 3.26. The summed E-state index contributed by atoms with van der Waals surface area (Å²) in [6, 6.07) is 17.9. The highest BCUT2D eigenvalue weighted by Gasteiger charge is 2.24. The Morgan fingerprint density at radius 3 is 2.26 bits per heavy atom. The Morgan fingerprint density at radius 1 is 1.00 bits per heavy atom. The van der Waals surface area contributed by atoms with Gasteiger partial charge in [-0.3, -0.25) is 4.57 Å². The van der Waals surface area contributed by atoms with Crippen molar-refractivity contribution in [1.82, 2.24) is 9.55 Å². The zero-order chi connectivity index (χ0) is 25.5. The number of nitrogens with zero attached hydrogens (tertiary/aromatic N) is 2. The third-order valence-electron chi connectivity index (χ3n) is 5.57. The van der Waals surface area contributed by atoms with Gasteiger partial charge in [-0.05, 0) is 61.4 Å². The predicted octanol–water partition coefficient (Wildman–Crippen LogP) is 6.15. The van der Waals surface area contributed by atoms with Gasteiger partial charge in [-0.25, -0.2) is 13.4 Å². The van der Waals surface area contributed by atoms with Crippen molar-refractivity contribution in [3.05, 3.63) is 82.6 Å². The third kappa shape index (κ3) is 5.09. The third-order valence-corrected chi connectivity index (χ3v) is 7.50. The topological polar surface area (TPSA) is 81.4 Å². The van der Waals surface area contributed by atoms with Gasteiger partial charge in [0.15, 0.2) is 9.84 Å². The molecular weight excluding hydrogens is 507 g/mol. The highest BCUT2D eigenvalue weighted by molar-refractivity contribution is 7.90. The second-order valence-electron chi connectivity index (χ2n) is 8.66. The summed E-state index contributed by atoms with van der Waals surface area (Å²) in [5.41, 5.74) is 2.27. The van der Waals surface area contributed by atoms with Crippen molar-refractivity contribution in [3.63, 3.8) is 0 Å². The summed E-state index contributed by atoms with van der Waals surface area (Å²) >= 11 is 12.7. The van der Waals surface area contributed by atoms with Crippen LogP contribution in [0.3, 0.4) is 0 Å². The molecule has 0 aliphatic rings. The molecule has 0 saturated heterocycles. The van der Waals surface area contributed by atoms with Gasteiger partial charge in [-0.15, -0.1) is 0 Å². The average molecular weight is 531 g/mol. The lowest BCUT2D eigenvalue weighted by molar-refractivity contribution is 0.0743. The van der Waals surface area contributed by atoms with Gasteiger partial charge >= 0.3 is 0 Å². The summed E-state index contributed by atoms with van der Waals surface area (Å²) in [5.74, 6) is 0.833. The van der Waals surface area contributed by atoms with Crippen molar-refractivity contribution in [1.29, 1.82) is 0 Å². The predicted molar refractivity (Wildman–Crippen MR) is 139 cm³/mol. The fourth-order valence-electron chi connectivity index (χ4n) is 3.70. The van der Waals surface area contributed by atoms with Crippen molar-refractivity contribution < 1.29 is 18.3 Å². The summed E-state index contributed by atoms with van der Waals surface area (Å²) in [5, 5.41) is 11.3. The van der Waals surface area contributed by atoms with Crippen LogP contribution in [-0.2, 0) is 15.4 Å². The van der Waals surface area contributed by atoms with Gasteiger partial charge in [0.1, 0.15) is 22.1 Å². The van der Waals surface area contributed by atoms with Gasteiger partial charge in [-0.1, -0.05) is 47.5 Å². The standard InChI is InChI=1S/C26H24Cl2N2O4S/c1-26(2,31)23-15-30(25(29-23)19-6-5-7-20(27)24(19)28)18-11-8-16(9-12-18)17-10-13-21(34-3)22(14-17)35(4,32)33/h5-15,31H,1-4H3. The molecule has 1 N–H and O–H groups in total. The van der Waals surface area contributed by atoms with Crippen LogP contribution >= 0.6 is 23.2 Å². The lowest BCUT2D eigenvalue weighted by atomic mass is 10.0. The lowest BCUT2D eigenvalue weighted by Gasteiger charge is -2.13. The van der Waals surface area contributed by atoms with E-state index < -0.39 is 15.4 Å². The molecule has 0 atom stereocenters. The molecule has 0 fully saturated rings. The van der Waals surface area contributed by atoms with E-state index in [2.05, 4.69) is 4.98 Å². The summed E-state index contributed by atoms with van der Waals surface area (Å²) in [4.78, 5) is 4.79. The molecule has 3 aromatic carbocycles. The SMILES string of the molecule is COc1ccc(-c2ccc(-n3cc(C(C)(C)O)nc3-c3cccc(Cl)c3Cl)cc2)cc1S(C)(=O)=O. The number of benzene rings is 3. The molecule has 0 aliphatic heterocycles. The van der Waals surface area contributed by atoms with Crippen LogP contribution in [0.2, 0.25) is 10.0 Å².